The van der Waals surface area contributed by atoms with Gasteiger partial charge in [-0.3, -0.25) is 8.98 Å². The number of amides is 2. The Bertz CT molecular complexity index is 1240. The summed E-state index contributed by atoms with van der Waals surface area (Å²) in [5, 5.41) is 13.0. The third-order valence-corrected chi connectivity index (χ3v) is 6.83. The van der Waals surface area contributed by atoms with Crippen molar-refractivity contribution < 1.29 is 31.7 Å². The first-order chi connectivity index (χ1) is 18.1. The van der Waals surface area contributed by atoms with Gasteiger partial charge in [0, 0.05) is 37.2 Å². The van der Waals surface area contributed by atoms with Gasteiger partial charge in [-0.05, 0) is 24.5 Å². The van der Waals surface area contributed by atoms with Gasteiger partial charge in [-0.1, -0.05) is 34.6 Å². The van der Waals surface area contributed by atoms with Crippen LogP contribution in [0.25, 0.3) is 0 Å². The molecule has 0 radical (unpaired) electrons. The van der Waals surface area contributed by atoms with E-state index >= 15 is 0 Å². The molecule has 0 aliphatic carbocycles. The zero-order valence-corrected chi connectivity index (χ0v) is 24.2. The highest BCUT2D eigenvalue weighted by molar-refractivity contribution is 7.85. The fourth-order valence-corrected chi connectivity index (χ4v) is 4.90. The van der Waals surface area contributed by atoms with Crippen LogP contribution in [0, 0.1) is 11.8 Å². The quantitative estimate of drug-likeness (QED) is 0.409. The molecule has 12 nitrogen and oxygen atoms in total. The summed E-state index contributed by atoms with van der Waals surface area (Å²) in [6.07, 6.45) is 3.27. The number of aromatic nitrogens is 2. The number of carbonyl (C=O) groups is 2. The van der Waals surface area contributed by atoms with Crippen LogP contribution in [0.5, 0.6) is 0 Å². The Labute approximate surface area is 229 Å². The molecule has 13 heteroatoms. The van der Waals surface area contributed by atoms with Gasteiger partial charge in [-0.25, -0.2) is 14.8 Å². The summed E-state index contributed by atoms with van der Waals surface area (Å²) in [6, 6.07) is 3.08. The lowest BCUT2D eigenvalue weighted by molar-refractivity contribution is 0.0346. The van der Waals surface area contributed by atoms with Crippen LogP contribution >= 0.6 is 0 Å². The molecule has 0 saturated carbocycles. The van der Waals surface area contributed by atoms with Crippen molar-refractivity contribution in [2.24, 2.45) is 11.8 Å². The third-order valence-electron chi connectivity index (χ3n) is 6.27. The molecule has 0 spiro atoms. The number of hydrogen-bond acceptors (Lipinski definition) is 9. The van der Waals surface area contributed by atoms with E-state index in [1.54, 1.807) is 17.2 Å². The number of piperidine rings is 1. The lowest BCUT2D eigenvalue weighted by atomic mass is 9.93. The molecular formula is C26H39N5O7S. The highest BCUT2D eigenvalue weighted by Gasteiger charge is 2.37. The van der Waals surface area contributed by atoms with Crippen LogP contribution in [-0.2, 0) is 26.3 Å². The second kappa shape index (κ2) is 12.3. The summed E-state index contributed by atoms with van der Waals surface area (Å²) < 4.78 is 33.6. The maximum Gasteiger partial charge on any atom is 0.407 e. The van der Waals surface area contributed by atoms with Crippen LogP contribution < -0.4 is 5.32 Å². The number of carbonyl (C=O) groups excluding carboxylic acids is 1. The normalized spacial score (nSPS) is 18.3. The first-order valence-corrected chi connectivity index (χ1v) is 14.7. The van der Waals surface area contributed by atoms with E-state index in [1.807, 2.05) is 40.7 Å². The average molecular weight is 566 g/mol. The van der Waals surface area contributed by atoms with Crippen LogP contribution in [0.15, 0.2) is 29.0 Å². The van der Waals surface area contributed by atoms with Gasteiger partial charge in [0.25, 0.3) is 16.0 Å². The predicted octanol–water partition coefficient (Wildman–Crippen LogP) is 3.42. The van der Waals surface area contributed by atoms with Gasteiger partial charge in [0.15, 0.2) is 0 Å². The molecule has 0 bridgehead atoms. The number of nitrogens with one attached hydrogen (secondary N) is 1. The Morgan fingerprint density at radius 2 is 2.03 bits per heavy atom. The van der Waals surface area contributed by atoms with Crippen molar-refractivity contribution in [2.45, 2.75) is 59.0 Å². The Hall–Kier alpha value is -3.19. The minimum Gasteiger partial charge on any atom is -0.467 e. The molecule has 3 rings (SSSR count). The molecule has 2 N–H and O–H groups in total. The molecule has 0 aromatic carbocycles. The van der Waals surface area contributed by atoms with Crippen LogP contribution in [-0.4, -0.2) is 83.8 Å². The number of likely N-dealkylation sites (tertiary alicyclic amines) is 1. The molecule has 2 aromatic heterocycles. The summed E-state index contributed by atoms with van der Waals surface area (Å²) in [5.74, 6) is 0.909. The average Bonchev–Trinajstić information content (AvgIpc) is 3.36. The second-order valence-electron chi connectivity index (χ2n) is 11.4. The van der Waals surface area contributed by atoms with E-state index < -0.39 is 28.2 Å². The molecular weight excluding hydrogens is 526 g/mol. The smallest absolute Gasteiger partial charge is 0.407 e. The maximum absolute atomic E-state index is 14.1. The molecule has 3 heterocycles. The zero-order valence-electron chi connectivity index (χ0n) is 23.4. The standard InChI is InChI=1S/C26H39N5O7S/c1-17(2)13-31(19-10-18(16-38-39(6,35)36)14-30(15-19)25(33)34)23(32)21-12-28-24(26(3,4)5)29-22(21)27-11-20-8-7-9-37-20/h7-9,12,17-19H,10-11,13-16H2,1-6H3,(H,33,34)(H,27,28,29). The maximum atomic E-state index is 14.1. The number of carboxylic acid groups (broad SMARTS) is 1. The van der Waals surface area contributed by atoms with E-state index in [0.717, 1.165) is 6.26 Å². The number of nitrogens with zero attached hydrogens (tertiary/aromatic N) is 4. The number of anilines is 1. The summed E-state index contributed by atoms with van der Waals surface area (Å²) >= 11 is 0. The molecule has 1 saturated heterocycles. The molecule has 1 fully saturated rings. The number of hydrogen-bond donors (Lipinski definition) is 2. The van der Waals surface area contributed by atoms with Gasteiger partial charge in [-0.15, -0.1) is 0 Å². The number of rotatable bonds is 10. The van der Waals surface area contributed by atoms with Gasteiger partial charge in [0.1, 0.15) is 23.0 Å². The van der Waals surface area contributed by atoms with E-state index in [0.29, 0.717) is 36.9 Å². The lowest BCUT2D eigenvalue weighted by Gasteiger charge is -2.42. The highest BCUT2D eigenvalue weighted by atomic mass is 32.2. The molecule has 2 amide bonds. The first-order valence-electron chi connectivity index (χ1n) is 12.9. The summed E-state index contributed by atoms with van der Waals surface area (Å²) in [4.78, 5) is 38.1. The van der Waals surface area contributed by atoms with Gasteiger partial charge >= 0.3 is 6.09 Å². The predicted molar refractivity (Wildman–Crippen MR) is 145 cm³/mol. The van der Waals surface area contributed by atoms with E-state index in [4.69, 9.17) is 8.60 Å². The van der Waals surface area contributed by atoms with Crippen molar-refractivity contribution >= 4 is 27.9 Å². The van der Waals surface area contributed by atoms with Crippen molar-refractivity contribution in [3.63, 3.8) is 0 Å². The topological polar surface area (TPSA) is 155 Å². The van der Waals surface area contributed by atoms with Crippen molar-refractivity contribution in [3.8, 4) is 0 Å². The minimum absolute atomic E-state index is 0.0779. The van der Waals surface area contributed by atoms with Gasteiger partial charge in [-0.2, -0.15) is 8.42 Å². The van der Waals surface area contributed by atoms with E-state index in [-0.39, 0.29) is 42.5 Å². The van der Waals surface area contributed by atoms with Crippen molar-refractivity contribution in [3.05, 3.63) is 41.7 Å². The second-order valence-corrected chi connectivity index (χ2v) is 13.1. The first kappa shape index (κ1) is 30.4. The van der Waals surface area contributed by atoms with Crippen LogP contribution in [0.4, 0.5) is 10.6 Å². The fourth-order valence-electron chi connectivity index (χ4n) is 4.46. The van der Waals surface area contributed by atoms with Crippen molar-refractivity contribution in [1.29, 1.82) is 0 Å². The van der Waals surface area contributed by atoms with Crippen LogP contribution in [0.3, 0.4) is 0 Å². The van der Waals surface area contributed by atoms with Crippen LogP contribution in [0.2, 0.25) is 0 Å². The van der Waals surface area contributed by atoms with Gasteiger partial charge in [0.05, 0.1) is 31.7 Å². The number of furan rings is 1. The Morgan fingerprint density at radius 1 is 1.31 bits per heavy atom. The van der Waals surface area contributed by atoms with E-state index in [1.165, 1.54) is 11.1 Å². The SMILES string of the molecule is CC(C)CN(C(=O)c1cnc(C(C)(C)C)nc1NCc1ccco1)C1CC(COS(C)(=O)=O)CN(C(=O)O)C1. The minimum atomic E-state index is -3.70. The Balaban J connectivity index is 1.96. The molecule has 216 valence electrons. The summed E-state index contributed by atoms with van der Waals surface area (Å²) in [6.45, 7) is 10.6. The Morgan fingerprint density at radius 3 is 2.59 bits per heavy atom. The molecule has 1 aliphatic heterocycles. The monoisotopic (exact) mass is 565 g/mol. The molecule has 2 unspecified atom stereocenters. The highest BCUT2D eigenvalue weighted by Crippen LogP contribution is 2.28. The Kier molecular flexibility index (Phi) is 9.60. The summed E-state index contributed by atoms with van der Waals surface area (Å²) in [5.41, 5.74) is -0.106. The van der Waals surface area contributed by atoms with Crippen molar-refractivity contribution in [2.75, 3.05) is 37.8 Å². The molecule has 1 aliphatic rings. The lowest BCUT2D eigenvalue weighted by Crippen LogP contribution is -2.55. The molecule has 2 atom stereocenters. The fraction of sp³-hybridized carbons (Fsp3) is 0.615. The zero-order chi connectivity index (χ0) is 29.0. The van der Waals surface area contributed by atoms with Crippen molar-refractivity contribution in [1.82, 2.24) is 19.8 Å². The van der Waals surface area contributed by atoms with E-state index in [9.17, 15) is 23.1 Å². The van der Waals surface area contributed by atoms with E-state index in [2.05, 4.69) is 15.3 Å². The molecule has 39 heavy (non-hydrogen) atoms. The largest absolute Gasteiger partial charge is 0.467 e. The third kappa shape index (κ3) is 8.65. The van der Waals surface area contributed by atoms with Crippen LogP contribution in [0.1, 0.15) is 63.0 Å². The molecule has 2 aromatic rings. The summed E-state index contributed by atoms with van der Waals surface area (Å²) in [7, 11) is -3.70. The van der Waals surface area contributed by atoms with Gasteiger partial charge < -0.3 is 24.6 Å². The van der Waals surface area contributed by atoms with Gasteiger partial charge in [0.2, 0.25) is 0 Å².